The fraction of sp³-hybridized carbons (Fsp3) is 0.357. The van der Waals surface area contributed by atoms with Gasteiger partial charge in [0.1, 0.15) is 0 Å². The summed E-state index contributed by atoms with van der Waals surface area (Å²) in [5.74, 6) is 5.77. The van der Waals surface area contributed by atoms with Crippen molar-refractivity contribution in [2.75, 3.05) is 13.2 Å². The first kappa shape index (κ1) is 13.3. The molecule has 3 nitrogen and oxygen atoms in total. The number of rotatable bonds is 4. The predicted molar refractivity (Wildman–Crippen MR) is 67.4 cm³/mol. The van der Waals surface area contributed by atoms with Gasteiger partial charge in [0, 0.05) is 19.1 Å². The number of carbonyl (C=O) groups is 1. The fourth-order valence-corrected chi connectivity index (χ4v) is 1.35. The van der Waals surface area contributed by atoms with Crippen molar-refractivity contribution < 1.29 is 9.90 Å². The number of aryl methyl sites for hydroxylation is 1. The smallest absolute Gasteiger partial charge is 0.217 e. The van der Waals surface area contributed by atoms with E-state index in [1.807, 2.05) is 24.3 Å². The second-order valence-corrected chi connectivity index (χ2v) is 3.74. The second-order valence-electron chi connectivity index (χ2n) is 3.74. The Morgan fingerprint density at radius 1 is 1.35 bits per heavy atom. The van der Waals surface area contributed by atoms with Crippen molar-refractivity contribution in [2.45, 2.75) is 19.8 Å². The van der Waals surface area contributed by atoms with Crippen molar-refractivity contribution in [2.24, 2.45) is 0 Å². The van der Waals surface area contributed by atoms with Gasteiger partial charge in [-0.15, -0.1) is 0 Å². The molecule has 1 amide bonds. The number of hydrogen-bond acceptors (Lipinski definition) is 2. The van der Waals surface area contributed by atoms with Crippen molar-refractivity contribution >= 4 is 5.91 Å². The van der Waals surface area contributed by atoms with Crippen LogP contribution < -0.4 is 5.32 Å². The van der Waals surface area contributed by atoms with Gasteiger partial charge in [0.2, 0.25) is 5.91 Å². The minimum atomic E-state index is -0.0707. The van der Waals surface area contributed by atoms with Crippen LogP contribution >= 0.6 is 0 Å². The van der Waals surface area contributed by atoms with Gasteiger partial charge in [0.05, 0.1) is 6.54 Å². The Kier molecular flexibility index (Phi) is 5.84. The zero-order valence-corrected chi connectivity index (χ0v) is 9.99. The number of aliphatic hydroxyl groups is 1. The molecule has 0 saturated heterocycles. The summed E-state index contributed by atoms with van der Waals surface area (Å²) in [5.41, 5.74) is 2.13. The number of hydrogen-bond donors (Lipinski definition) is 2. The highest BCUT2D eigenvalue weighted by Crippen LogP contribution is 2.05. The van der Waals surface area contributed by atoms with Gasteiger partial charge >= 0.3 is 0 Å². The number of benzene rings is 1. The summed E-state index contributed by atoms with van der Waals surface area (Å²) >= 11 is 0. The van der Waals surface area contributed by atoms with Crippen LogP contribution in [0.2, 0.25) is 0 Å². The van der Waals surface area contributed by atoms with Gasteiger partial charge in [-0.05, 0) is 30.5 Å². The Labute approximate surface area is 102 Å². The number of nitrogens with one attached hydrogen (secondary N) is 1. The zero-order valence-electron chi connectivity index (χ0n) is 9.99. The number of carbonyl (C=O) groups excluding carboxylic acids is 1. The molecule has 0 heterocycles. The van der Waals surface area contributed by atoms with Gasteiger partial charge in [-0.25, -0.2) is 0 Å². The summed E-state index contributed by atoms with van der Waals surface area (Å²) in [4.78, 5) is 10.6. The molecule has 0 aliphatic heterocycles. The molecule has 1 aromatic carbocycles. The van der Waals surface area contributed by atoms with Crippen LogP contribution in [0.25, 0.3) is 0 Å². The highest BCUT2D eigenvalue weighted by atomic mass is 16.2. The molecule has 0 aliphatic carbocycles. The lowest BCUT2D eigenvalue weighted by Gasteiger charge is -1.99. The van der Waals surface area contributed by atoms with E-state index in [0.29, 0.717) is 6.54 Å². The van der Waals surface area contributed by atoms with E-state index in [-0.39, 0.29) is 12.5 Å². The Morgan fingerprint density at radius 3 is 2.65 bits per heavy atom. The molecule has 1 aromatic rings. The van der Waals surface area contributed by atoms with Gasteiger partial charge in [-0.2, -0.15) is 0 Å². The van der Waals surface area contributed by atoms with Crippen LogP contribution in [0.3, 0.4) is 0 Å². The third-order valence-corrected chi connectivity index (χ3v) is 2.24. The highest BCUT2D eigenvalue weighted by Gasteiger charge is 1.92. The van der Waals surface area contributed by atoms with Crippen LogP contribution in [0.4, 0.5) is 0 Å². The molecule has 0 aromatic heterocycles. The van der Waals surface area contributed by atoms with E-state index in [1.165, 1.54) is 12.5 Å². The quantitative estimate of drug-likeness (QED) is 0.762. The first-order chi connectivity index (χ1) is 8.22. The molecule has 0 spiro atoms. The average molecular weight is 231 g/mol. The number of aliphatic hydroxyl groups excluding tert-OH is 1. The SMILES string of the molecule is CC(=O)NCC#Cc1ccc(CCCO)cc1. The number of amides is 1. The van der Waals surface area contributed by atoms with Gasteiger partial charge in [-0.1, -0.05) is 24.0 Å². The van der Waals surface area contributed by atoms with Gasteiger partial charge < -0.3 is 10.4 Å². The molecular weight excluding hydrogens is 214 g/mol. The standard InChI is InChI=1S/C14H17NO2/c1-12(17)15-10-2-4-13-6-8-14(9-7-13)5-3-11-16/h6-9,16H,3,5,10-11H2,1H3,(H,15,17). The lowest BCUT2D eigenvalue weighted by Crippen LogP contribution is -2.19. The van der Waals surface area contributed by atoms with E-state index >= 15 is 0 Å². The van der Waals surface area contributed by atoms with Crippen LogP contribution in [0, 0.1) is 11.8 Å². The van der Waals surface area contributed by atoms with Crippen LogP contribution in [0.5, 0.6) is 0 Å². The molecule has 0 aliphatic rings. The van der Waals surface area contributed by atoms with Crippen LogP contribution in [0.15, 0.2) is 24.3 Å². The molecule has 0 saturated carbocycles. The van der Waals surface area contributed by atoms with Crippen LogP contribution in [-0.2, 0) is 11.2 Å². The van der Waals surface area contributed by atoms with E-state index in [1.54, 1.807) is 0 Å². The largest absolute Gasteiger partial charge is 0.396 e. The second kappa shape index (κ2) is 7.48. The van der Waals surface area contributed by atoms with E-state index in [0.717, 1.165) is 18.4 Å². The third kappa shape index (κ3) is 5.74. The molecule has 0 fully saturated rings. The van der Waals surface area contributed by atoms with Crippen molar-refractivity contribution in [1.29, 1.82) is 0 Å². The minimum Gasteiger partial charge on any atom is -0.396 e. The summed E-state index contributed by atoms with van der Waals surface area (Å²) in [5, 5.41) is 11.3. The van der Waals surface area contributed by atoms with Crippen LogP contribution in [0.1, 0.15) is 24.5 Å². The van der Waals surface area contributed by atoms with E-state index < -0.39 is 0 Å². The van der Waals surface area contributed by atoms with Gasteiger partial charge in [-0.3, -0.25) is 4.79 Å². The molecule has 0 atom stereocenters. The Hall–Kier alpha value is -1.79. The lowest BCUT2D eigenvalue weighted by molar-refractivity contribution is -0.118. The zero-order chi connectivity index (χ0) is 12.5. The third-order valence-electron chi connectivity index (χ3n) is 2.24. The first-order valence-corrected chi connectivity index (χ1v) is 5.65. The summed E-state index contributed by atoms with van der Waals surface area (Å²) in [6.07, 6.45) is 1.67. The fourth-order valence-electron chi connectivity index (χ4n) is 1.35. The van der Waals surface area contributed by atoms with Gasteiger partial charge in [0.15, 0.2) is 0 Å². The molecule has 0 bridgehead atoms. The molecular formula is C14H17NO2. The summed E-state index contributed by atoms with van der Waals surface area (Å²) in [7, 11) is 0. The minimum absolute atomic E-state index is 0.0707. The highest BCUT2D eigenvalue weighted by molar-refractivity contribution is 5.73. The molecule has 17 heavy (non-hydrogen) atoms. The maximum Gasteiger partial charge on any atom is 0.217 e. The molecule has 2 N–H and O–H groups in total. The van der Waals surface area contributed by atoms with Crippen molar-refractivity contribution in [3.8, 4) is 11.8 Å². The maximum absolute atomic E-state index is 10.6. The van der Waals surface area contributed by atoms with E-state index in [2.05, 4.69) is 17.2 Å². The average Bonchev–Trinajstić information content (AvgIpc) is 2.33. The normalized spacial score (nSPS) is 9.29. The summed E-state index contributed by atoms with van der Waals surface area (Å²) in [6, 6.07) is 7.93. The monoisotopic (exact) mass is 231 g/mol. The van der Waals surface area contributed by atoms with Crippen molar-refractivity contribution in [3.63, 3.8) is 0 Å². The maximum atomic E-state index is 10.6. The molecule has 3 heteroatoms. The topological polar surface area (TPSA) is 49.3 Å². The molecule has 0 unspecified atom stereocenters. The molecule has 0 radical (unpaired) electrons. The summed E-state index contributed by atoms with van der Waals surface area (Å²) < 4.78 is 0. The lowest BCUT2D eigenvalue weighted by atomic mass is 10.1. The predicted octanol–water partition coefficient (Wildman–Crippen LogP) is 1.10. The van der Waals surface area contributed by atoms with Crippen molar-refractivity contribution in [3.05, 3.63) is 35.4 Å². The summed E-state index contributed by atoms with van der Waals surface area (Å²) in [6.45, 7) is 2.07. The Bertz CT molecular complexity index is 412. The molecule has 90 valence electrons. The van der Waals surface area contributed by atoms with Crippen molar-refractivity contribution in [1.82, 2.24) is 5.32 Å². The van der Waals surface area contributed by atoms with E-state index in [4.69, 9.17) is 5.11 Å². The van der Waals surface area contributed by atoms with E-state index in [9.17, 15) is 4.79 Å². The molecule has 1 rings (SSSR count). The Balaban J connectivity index is 2.47. The first-order valence-electron chi connectivity index (χ1n) is 5.65. The Morgan fingerprint density at radius 2 is 2.06 bits per heavy atom. The van der Waals surface area contributed by atoms with Gasteiger partial charge in [0.25, 0.3) is 0 Å². The van der Waals surface area contributed by atoms with Crippen LogP contribution in [-0.4, -0.2) is 24.2 Å².